The third kappa shape index (κ3) is 3.25. The van der Waals surface area contributed by atoms with Crippen LogP contribution in [0.5, 0.6) is 0 Å². The summed E-state index contributed by atoms with van der Waals surface area (Å²) in [5, 5.41) is 11.2. The van der Waals surface area contributed by atoms with Gasteiger partial charge in [-0.3, -0.25) is 0 Å². The lowest BCUT2D eigenvalue weighted by atomic mass is 9.85. The van der Waals surface area contributed by atoms with E-state index in [4.69, 9.17) is 5.73 Å². The molecule has 44 heavy (non-hydrogen) atoms. The monoisotopic (exact) mass is 562 g/mol. The van der Waals surface area contributed by atoms with Crippen molar-refractivity contribution in [2.75, 3.05) is 12.8 Å². The zero-order chi connectivity index (χ0) is 29.5. The van der Waals surface area contributed by atoms with Crippen LogP contribution in [0.2, 0.25) is 0 Å². The minimum Gasteiger partial charge on any atom is -0.399 e. The molecule has 2 aliphatic carbocycles. The predicted molar refractivity (Wildman–Crippen MR) is 190 cm³/mol. The first-order valence-electron chi connectivity index (χ1n) is 15.3. The first kappa shape index (κ1) is 24.9. The number of nitrogens with two attached hydrogens (primary N) is 1. The van der Waals surface area contributed by atoms with Gasteiger partial charge in [0.25, 0.3) is 0 Å². The molecule has 2 heteroatoms. The van der Waals surface area contributed by atoms with Crippen LogP contribution < -0.4 is 11.1 Å². The first-order chi connectivity index (χ1) is 21.7. The summed E-state index contributed by atoms with van der Waals surface area (Å²) in [6.45, 7) is 2.04. The Bertz CT molecular complexity index is 2440. The number of fused-ring (bicyclic) bond motifs is 8. The van der Waals surface area contributed by atoms with Crippen molar-refractivity contribution >= 4 is 43.7 Å². The highest BCUT2D eigenvalue weighted by Gasteiger charge is 2.28. The summed E-state index contributed by atoms with van der Waals surface area (Å²) in [5.74, 6) is 0. The normalized spacial score (nSPS) is 12.9. The first-order valence-corrected chi connectivity index (χ1v) is 15.3. The third-order valence-electron chi connectivity index (χ3n) is 9.60. The van der Waals surface area contributed by atoms with Crippen LogP contribution in [-0.2, 0) is 0 Å². The van der Waals surface area contributed by atoms with Crippen LogP contribution in [0.15, 0.2) is 127 Å². The van der Waals surface area contributed by atoms with E-state index >= 15 is 0 Å². The molecular weight excluding hydrogens is 532 g/mol. The van der Waals surface area contributed by atoms with Gasteiger partial charge >= 0.3 is 0 Å². The topological polar surface area (TPSA) is 38.0 Å². The summed E-state index contributed by atoms with van der Waals surface area (Å²) < 4.78 is 0. The number of rotatable bonds is 4. The number of anilines is 1. The molecule has 2 aliphatic rings. The van der Waals surface area contributed by atoms with E-state index in [1.807, 2.05) is 20.0 Å². The van der Waals surface area contributed by atoms with Crippen LogP contribution in [-0.4, -0.2) is 7.05 Å². The van der Waals surface area contributed by atoms with E-state index < -0.39 is 0 Å². The molecule has 0 aliphatic heterocycles. The fourth-order valence-corrected chi connectivity index (χ4v) is 7.79. The predicted octanol–water partition coefficient (Wildman–Crippen LogP) is 10.8. The smallest absolute Gasteiger partial charge is 0.0411 e. The molecule has 7 aromatic rings. The molecule has 0 saturated heterocycles. The maximum absolute atomic E-state index is 6.25. The van der Waals surface area contributed by atoms with Crippen molar-refractivity contribution in [1.82, 2.24) is 5.32 Å². The second-order valence-corrected chi connectivity index (χ2v) is 11.8. The van der Waals surface area contributed by atoms with Gasteiger partial charge < -0.3 is 11.1 Å². The van der Waals surface area contributed by atoms with Crippen LogP contribution in [0.1, 0.15) is 12.5 Å². The molecule has 208 valence electrons. The molecule has 0 saturated carbocycles. The van der Waals surface area contributed by atoms with Crippen LogP contribution in [0, 0.1) is 0 Å². The summed E-state index contributed by atoms with van der Waals surface area (Å²) >= 11 is 0. The summed E-state index contributed by atoms with van der Waals surface area (Å²) in [5.41, 5.74) is 22.2. The standard InChI is InChI=1S/C42H30N2/c1-3-4-15-38(44-2)24-16-18-34-36(22-24)31-13-8-14-35-40(27-9-5-6-10-29(27)41(34)42(31)35)33-21-20-32-26-19-17-25(43)23-37(26)30-12-7-11-28(33)39(30)32/h3-23,44H,43H2,1-2H3/b4-3-,38-15-. The fraction of sp³-hybridized carbons (Fsp3) is 0.0476. The van der Waals surface area contributed by atoms with Gasteiger partial charge in [0.1, 0.15) is 0 Å². The van der Waals surface area contributed by atoms with E-state index in [1.165, 1.54) is 93.5 Å². The lowest BCUT2D eigenvalue weighted by Crippen LogP contribution is -2.04. The summed E-state index contributed by atoms with van der Waals surface area (Å²) in [7, 11) is 1.99. The Morgan fingerprint density at radius 2 is 1.18 bits per heavy atom. The maximum Gasteiger partial charge on any atom is 0.0411 e. The Kier molecular flexibility index (Phi) is 5.22. The van der Waals surface area contributed by atoms with Crippen molar-refractivity contribution in [1.29, 1.82) is 0 Å². The highest BCUT2D eigenvalue weighted by molar-refractivity contribution is 6.31. The van der Waals surface area contributed by atoms with Gasteiger partial charge in [0.15, 0.2) is 0 Å². The molecule has 0 unspecified atom stereocenters. The lowest BCUT2D eigenvalue weighted by Gasteiger charge is -2.17. The van der Waals surface area contributed by atoms with Crippen LogP contribution in [0.25, 0.3) is 93.6 Å². The number of nitrogen functional groups attached to an aromatic ring is 1. The van der Waals surface area contributed by atoms with Crippen molar-refractivity contribution in [2.24, 2.45) is 0 Å². The second kappa shape index (κ2) is 9.20. The Labute approximate surface area is 256 Å². The molecule has 9 rings (SSSR count). The number of benzene rings is 7. The number of allylic oxidation sites excluding steroid dienone is 3. The van der Waals surface area contributed by atoms with Gasteiger partial charge in [-0.15, -0.1) is 0 Å². The van der Waals surface area contributed by atoms with Gasteiger partial charge in [-0.1, -0.05) is 103 Å². The third-order valence-corrected chi connectivity index (χ3v) is 9.60. The summed E-state index contributed by atoms with van der Waals surface area (Å²) in [6.07, 6.45) is 6.28. The Morgan fingerprint density at radius 1 is 0.545 bits per heavy atom. The molecule has 0 bridgehead atoms. The van der Waals surface area contributed by atoms with Crippen molar-refractivity contribution in [3.8, 4) is 55.6 Å². The zero-order valence-corrected chi connectivity index (χ0v) is 24.7. The average molecular weight is 563 g/mol. The highest BCUT2D eigenvalue weighted by atomic mass is 14.8. The minimum absolute atomic E-state index is 0.800. The van der Waals surface area contributed by atoms with E-state index in [9.17, 15) is 0 Å². The van der Waals surface area contributed by atoms with Crippen molar-refractivity contribution in [2.45, 2.75) is 6.92 Å². The Morgan fingerprint density at radius 3 is 1.98 bits per heavy atom. The highest BCUT2D eigenvalue weighted by Crippen LogP contribution is 2.56. The van der Waals surface area contributed by atoms with Crippen molar-refractivity contribution in [3.63, 3.8) is 0 Å². The van der Waals surface area contributed by atoms with Crippen LogP contribution >= 0.6 is 0 Å². The fourth-order valence-electron chi connectivity index (χ4n) is 7.79. The molecule has 2 nitrogen and oxygen atoms in total. The van der Waals surface area contributed by atoms with Gasteiger partial charge in [0.05, 0.1) is 0 Å². The number of hydrogen-bond acceptors (Lipinski definition) is 2. The minimum atomic E-state index is 0.800. The van der Waals surface area contributed by atoms with Crippen LogP contribution in [0.4, 0.5) is 5.69 Å². The average Bonchev–Trinajstić information content (AvgIpc) is 3.56. The summed E-state index contributed by atoms with van der Waals surface area (Å²) in [4.78, 5) is 0. The summed E-state index contributed by atoms with van der Waals surface area (Å²) in [6, 6.07) is 40.4. The van der Waals surface area contributed by atoms with E-state index in [-0.39, 0.29) is 0 Å². The quantitative estimate of drug-likeness (QED) is 0.127. The van der Waals surface area contributed by atoms with Crippen LogP contribution in [0.3, 0.4) is 0 Å². The van der Waals surface area contributed by atoms with E-state index in [0.29, 0.717) is 0 Å². The van der Waals surface area contributed by atoms with E-state index in [1.54, 1.807) is 0 Å². The van der Waals surface area contributed by atoms with E-state index in [2.05, 4.69) is 127 Å². The zero-order valence-electron chi connectivity index (χ0n) is 24.7. The lowest BCUT2D eigenvalue weighted by molar-refractivity contribution is 1.13. The molecule has 0 aromatic heterocycles. The largest absolute Gasteiger partial charge is 0.399 e. The number of hydrogen-bond donors (Lipinski definition) is 2. The molecule has 0 fully saturated rings. The molecule has 0 amide bonds. The van der Waals surface area contributed by atoms with Gasteiger partial charge in [0.2, 0.25) is 0 Å². The number of nitrogens with one attached hydrogen (secondary N) is 1. The van der Waals surface area contributed by atoms with Crippen molar-refractivity contribution in [3.05, 3.63) is 133 Å². The van der Waals surface area contributed by atoms with E-state index in [0.717, 1.165) is 11.4 Å². The van der Waals surface area contributed by atoms with Gasteiger partial charge in [-0.25, -0.2) is 0 Å². The molecule has 7 aromatic carbocycles. The Balaban J connectivity index is 1.36. The molecule has 0 atom stereocenters. The molecule has 0 spiro atoms. The molecular formula is C42H30N2. The van der Waals surface area contributed by atoms with Gasteiger partial charge in [-0.2, -0.15) is 0 Å². The molecule has 0 radical (unpaired) electrons. The Hall–Kier alpha value is -5.60. The molecule has 3 N–H and O–H groups in total. The van der Waals surface area contributed by atoms with Gasteiger partial charge in [0, 0.05) is 18.4 Å². The maximum atomic E-state index is 6.25. The second-order valence-electron chi connectivity index (χ2n) is 11.8. The van der Waals surface area contributed by atoms with Crippen molar-refractivity contribution < 1.29 is 0 Å². The molecule has 0 heterocycles. The van der Waals surface area contributed by atoms with Gasteiger partial charge in [-0.05, 0) is 125 Å². The SMILES string of the molecule is C/C=C\C=C(/NC)c1ccc2c(c1)-c1cccc3c(-c4ccc5c6c(cccc46)-c4cc(N)ccc4-5)c4ccccc4c-2c13.